The van der Waals surface area contributed by atoms with Crippen molar-refractivity contribution in [2.75, 3.05) is 18.0 Å². The third kappa shape index (κ3) is 2.30. The summed E-state index contributed by atoms with van der Waals surface area (Å²) in [5.74, 6) is -0.302. The van der Waals surface area contributed by atoms with Crippen LogP contribution in [0, 0.1) is 5.41 Å². The van der Waals surface area contributed by atoms with Crippen LogP contribution >= 0.6 is 23.2 Å². The quantitative estimate of drug-likeness (QED) is 0.887. The second-order valence-corrected chi connectivity index (χ2v) is 5.18. The van der Waals surface area contributed by atoms with Gasteiger partial charge in [0.2, 0.25) is 5.91 Å². The SMILES string of the molecule is CC1(C(N)=O)CCN(c2cc(Cl)nnc2Cl)C1. The molecule has 1 atom stereocenters. The normalized spacial score (nSPS) is 24.1. The Morgan fingerprint density at radius 2 is 2.24 bits per heavy atom. The molecule has 1 aliphatic rings. The molecule has 0 spiro atoms. The lowest BCUT2D eigenvalue weighted by molar-refractivity contribution is -0.125. The molecule has 92 valence electrons. The zero-order valence-electron chi connectivity index (χ0n) is 9.28. The van der Waals surface area contributed by atoms with Crippen LogP contribution in [0.25, 0.3) is 0 Å². The second-order valence-electron chi connectivity index (χ2n) is 4.44. The Labute approximate surface area is 109 Å². The minimum atomic E-state index is -0.529. The number of rotatable bonds is 2. The summed E-state index contributed by atoms with van der Waals surface area (Å²) in [4.78, 5) is 13.3. The molecule has 5 nitrogen and oxygen atoms in total. The molecule has 0 radical (unpaired) electrons. The van der Waals surface area contributed by atoms with Gasteiger partial charge in [-0.2, -0.15) is 0 Å². The lowest BCUT2D eigenvalue weighted by Gasteiger charge is -2.22. The van der Waals surface area contributed by atoms with Gasteiger partial charge in [-0.25, -0.2) is 0 Å². The number of nitrogens with zero attached hydrogens (tertiary/aromatic N) is 3. The third-order valence-electron chi connectivity index (χ3n) is 3.11. The van der Waals surface area contributed by atoms with Crippen molar-refractivity contribution in [3.63, 3.8) is 0 Å². The third-order valence-corrected chi connectivity index (χ3v) is 3.56. The molecule has 1 aliphatic heterocycles. The highest BCUT2D eigenvalue weighted by Crippen LogP contribution is 2.35. The highest BCUT2D eigenvalue weighted by Gasteiger charge is 2.39. The zero-order chi connectivity index (χ0) is 12.6. The van der Waals surface area contributed by atoms with E-state index in [2.05, 4.69) is 10.2 Å². The monoisotopic (exact) mass is 274 g/mol. The summed E-state index contributed by atoms with van der Waals surface area (Å²) in [7, 11) is 0. The summed E-state index contributed by atoms with van der Waals surface area (Å²) >= 11 is 11.7. The Bertz CT molecular complexity index is 468. The van der Waals surface area contributed by atoms with E-state index in [9.17, 15) is 4.79 Å². The number of amides is 1. The summed E-state index contributed by atoms with van der Waals surface area (Å²) < 4.78 is 0. The molecule has 1 aromatic heterocycles. The number of halogens is 2. The number of hydrogen-bond acceptors (Lipinski definition) is 4. The van der Waals surface area contributed by atoms with Crippen LogP contribution < -0.4 is 10.6 Å². The van der Waals surface area contributed by atoms with Crippen molar-refractivity contribution < 1.29 is 4.79 Å². The van der Waals surface area contributed by atoms with Gasteiger partial charge in [0, 0.05) is 19.2 Å². The Hall–Kier alpha value is -1.07. The van der Waals surface area contributed by atoms with Gasteiger partial charge >= 0.3 is 0 Å². The molecule has 1 amide bonds. The maximum Gasteiger partial charge on any atom is 0.225 e. The van der Waals surface area contributed by atoms with Crippen molar-refractivity contribution >= 4 is 34.8 Å². The minimum absolute atomic E-state index is 0.275. The molecule has 1 fully saturated rings. The van der Waals surface area contributed by atoms with E-state index in [-0.39, 0.29) is 16.2 Å². The van der Waals surface area contributed by atoms with Gasteiger partial charge in [0.15, 0.2) is 10.3 Å². The summed E-state index contributed by atoms with van der Waals surface area (Å²) in [6.45, 7) is 3.06. The van der Waals surface area contributed by atoms with E-state index in [0.717, 1.165) is 0 Å². The van der Waals surface area contributed by atoms with Crippen molar-refractivity contribution in [3.8, 4) is 0 Å². The molecule has 1 saturated heterocycles. The Morgan fingerprint density at radius 1 is 1.53 bits per heavy atom. The van der Waals surface area contributed by atoms with E-state index < -0.39 is 5.41 Å². The molecule has 2 N–H and O–H groups in total. The van der Waals surface area contributed by atoms with Crippen LogP contribution in [-0.2, 0) is 4.79 Å². The molecule has 17 heavy (non-hydrogen) atoms. The predicted octanol–water partition coefficient (Wildman–Crippen LogP) is 1.49. The van der Waals surface area contributed by atoms with Crippen LogP contribution in [0.1, 0.15) is 13.3 Å². The molecular weight excluding hydrogens is 263 g/mol. The van der Waals surface area contributed by atoms with Gasteiger partial charge in [0.25, 0.3) is 0 Å². The predicted molar refractivity (Wildman–Crippen MR) is 66.2 cm³/mol. The van der Waals surface area contributed by atoms with E-state index in [1.807, 2.05) is 11.8 Å². The molecule has 2 heterocycles. The smallest absolute Gasteiger partial charge is 0.225 e. The molecule has 7 heteroatoms. The highest BCUT2D eigenvalue weighted by atomic mass is 35.5. The molecule has 2 rings (SSSR count). The first kappa shape index (κ1) is 12.4. The zero-order valence-corrected chi connectivity index (χ0v) is 10.8. The van der Waals surface area contributed by atoms with Gasteiger partial charge in [0.1, 0.15) is 0 Å². The van der Waals surface area contributed by atoms with Crippen molar-refractivity contribution in [2.24, 2.45) is 11.1 Å². The summed E-state index contributed by atoms with van der Waals surface area (Å²) in [5.41, 5.74) is 5.55. The van der Waals surface area contributed by atoms with Crippen molar-refractivity contribution in [1.82, 2.24) is 10.2 Å². The first-order valence-corrected chi connectivity index (χ1v) is 5.91. The van der Waals surface area contributed by atoms with E-state index in [1.165, 1.54) is 0 Å². The fraction of sp³-hybridized carbons (Fsp3) is 0.500. The molecule has 0 aromatic carbocycles. The number of carbonyl (C=O) groups is 1. The van der Waals surface area contributed by atoms with Crippen molar-refractivity contribution in [1.29, 1.82) is 0 Å². The van der Waals surface area contributed by atoms with Crippen LogP contribution in [0.3, 0.4) is 0 Å². The molecule has 1 unspecified atom stereocenters. The highest BCUT2D eigenvalue weighted by molar-refractivity contribution is 6.33. The fourth-order valence-corrected chi connectivity index (χ4v) is 2.29. The Morgan fingerprint density at radius 3 is 2.82 bits per heavy atom. The molecule has 0 saturated carbocycles. The summed E-state index contributed by atoms with van der Waals surface area (Å²) in [6.07, 6.45) is 0.693. The average Bonchev–Trinajstić information content (AvgIpc) is 2.66. The molecule has 0 aliphatic carbocycles. The number of nitrogens with two attached hydrogens (primary N) is 1. The maximum atomic E-state index is 11.4. The Kier molecular flexibility index (Phi) is 3.14. The van der Waals surface area contributed by atoms with E-state index >= 15 is 0 Å². The Balaban J connectivity index is 2.26. The van der Waals surface area contributed by atoms with Gasteiger partial charge in [0.05, 0.1) is 11.1 Å². The van der Waals surface area contributed by atoms with Gasteiger partial charge in [-0.3, -0.25) is 4.79 Å². The molecule has 0 bridgehead atoms. The van der Waals surface area contributed by atoms with Gasteiger partial charge in [-0.05, 0) is 13.3 Å². The number of primary amides is 1. The topological polar surface area (TPSA) is 72.1 Å². The largest absolute Gasteiger partial charge is 0.369 e. The standard InChI is InChI=1S/C10H12Cl2N4O/c1-10(9(13)17)2-3-16(5-10)6-4-7(11)14-15-8(6)12/h4H,2-3,5H2,1H3,(H2,13,17). The van der Waals surface area contributed by atoms with Crippen LogP contribution in [-0.4, -0.2) is 29.2 Å². The van der Waals surface area contributed by atoms with Crippen LogP contribution in [0.5, 0.6) is 0 Å². The first-order chi connectivity index (χ1) is 7.92. The van der Waals surface area contributed by atoms with Gasteiger partial charge in [-0.1, -0.05) is 23.2 Å². The van der Waals surface area contributed by atoms with Crippen LogP contribution in [0.4, 0.5) is 5.69 Å². The van der Waals surface area contributed by atoms with Crippen molar-refractivity contribution in [2.45, 2.75) is 13.3 Å². The molecule has 1 aromatic rings. The van der Waals surface area contributed by atoms with Gasteiger partial charge in [-0.15, -0.1) is 10.2 Å². The lowest BCUT2D eigenvalue weighted by atomic mass is 9.89. The second kappa shape index (κ2) is 4.31. The molecular formula is C10H12Cl2N4O. The van der Waals surface area contributed by atoms with E-state index in [0.29, 0.717) is 25.2 Å². The first-order valence-electron chi connectivity index (χ1n) is 5.16. The number of hydrogen-bond donors (Lipinski definition) is 1. The number of carbonyl (C=O) groups excluding carboxylic acids is 1. The van der Waals surface area contributed by atoms with E-state index in [1.54, 1.807) is 6.07 Å². The summed E-state index contributed by atoms with van der Waals surface area (Å²) in [6, 6.07) is 1.64. The fourth-order valence-electron chi connectivity index (χ4n) is 1.93. The number of aromatic nitrogens is 2. The minimum Gasteiger partial charge on any atom is -0.369 e. The van der Waals surface area contributed by atoms with E-state index in [4.69, 9.17) is 28.9 Å². The van der Waals surface area contributed by atoms with Crippen LogP contribution in [0.2, 0.25) is 10.3 Å². The maximum absolute atomic E-state index is 11.4. The summed E-state index contributed by atoms with van der Waals surface area (Å²) in [5, 5.41) is 7.94. The van der Waals surface area contributed by atoms with Crippen molar-refractivity contribution in [3.05, 3.63) is 16.4 Å². The lowest BCUT2D eigenvalue weighted by Crippen LogP contribution is -2.37. The van der Waals surface area contributed by atoms with Gasteiger partial charge < -0.3 is 10.6 Å². The number of anilines is 1. The average molecular weight is 275 g/mol. The van der Waals surface area contributed by atoms with Crippen LogP contribution in [0.15, 0.2) is 6.07 Å².